The van der Waals surface area contributed by atoms with E-state index in [0.29, 0.717) is 24.5 Å². The lowest BCUT2D eigenvalue weighted by Gasteiger charge is -2.19. The van der Waals surface area contributed by atoms with Crippen molar-refractivity contribution >= 4 is 11.6 Å². The number of carbonyl (C=O) groups excluding carboxylic acids is 1. The van der Waals surface area contributed by atoms with Gasteiger partial charge in [0.05, 0.1) is 12.8 Å². The lowest BCUT2D eigenvalue weighted by atomic mass is 10.2. The van der Waals surface area contributed by atoms with E-state index in [9.17, 15) is 10.1 Å². The van der Waals surface area contributed by atoms with E-state index in [-0.39, 0.29) is 5.57 Å². The number of hydrogen-bond donors (Lipinski definition) is 1. The van der Waals surface area contributed by atoms with Crippen molar-refractivity contribution in [1.82, 2.24) is 4.90 Å². The van der Waals surface area contributed by atoms with Gasteiger partial charge in [-0.3, -0.25) is 4.79 Å². The third-order valence-corrected chi connectivity index (χ3v) is 3.91. The third-order valence-electron chi connectivity index (χ3n) is 3.91. The van der Waals surface area contributed by atoms with Crippen LogP contribution in [0.3, 0.4) is 0 Å². The number of amides is 1. The van der Waals surface area contributed by atoms with Gasteiger partial charge in [0.25, 0.3) is 5.91 Å². The van der Waals surface area contributed by atoms with Crippen molar-refractivity contribution in [2.45, 2.75) is 20.4 Å². The topological polar surface area (TPSA) is 65.4 Å². The molecule has 0 fully saturated rings. The van der Waals surface area contributed by atoms with E-state index >= 15 is 0 Å². The van der Waals surface area contributed by atoms with Crippen molar-refractivity contribution in [3.05, 3.63) is 71.4 Å². The Bertz CT molecular complexity index is 823. The number of nitriles is 1. The molecule has 1 amide bonds. The smallest absolute Gasteiger partial charge is 0.267 e. The Morgan fingerprint density at radius 1 is 1.27 bits per heavy atom. The van der Waals surface area contributed by atoms with Crippen LogP contribution in [-0.2, 0) is 11.3 Å². The molecule has 2 aromatic carbocycles. The van der Waals surface area contributed by atoms with Crippen LogP contribution in [0.1, 0.15) is 18.1 Å². The van der Waals surface area contributed by atoms with Gasteiger partial charge in [0.15, 0.2) is 0 Å². The fraction of sp³-hybridized carbons (Fsp3) is 0.238. The van der Waals surface area contributed by atoms with Crippen LogP contribution in [0.4, 0.5) is 5.69 Å². The van der Waals surface area contributed by atoms with Crippen LogP contribution in [0.5, 0.6) is 5.75 Å². The zero-order valence-electron chi connectivity index (χ0n) is 15.3. The molecule has 0 radical (unpaired) electrons. The molecular formula is C21H23N3O2. The van der Waals surface area contributed by atoms with E-state index in [4.69, 9.17) is 4.74 Å². The van der Waals surface area contributed by atoms with Crippen molar-refractivity contribution in [2.24, 2.45) is 0 Å². The van der Waals surface area contributed by atoms with E-state index in [0.717, 1.165) is 11.1 Å². The lowest BCUT2D eigenvalue weighted by molar-refractivity contribution is -0.112. The van der Waals surface area contributed by atoms with Gasteiger partial charge >= 0.3 is 0 Å². The van der Waals surface area contributed by atoms with Crippen LogP contribution in [-0.4, -0.2) is 24.5 Å². The van der Waals surface area contributed by atoms with Crippen molar-refractivity contribution in [1.29, 1.82) is 5.26 Å². The van der Waals surface area contributed by atoms with Gasteiger partial charge in [-0.15, -0.1) is 0 Å². The Balaban J connectivity index is 2.18. The zero-order valence-corrected chi connectivity index (χ0v) is 15.3. The van der Waals surface area contributed by atoms with Gasteiger partial charge in [-0.25, -0.2) is 0 Å². The van der Waals surface area contributed by atoms with Crippen LogP contribution in [0.25, 0.3) is 0 Å². The Labute approximate surface area is 154 Å². The van der Waals surface area contributed by atoms with Crippen LogP contribution in [0, 0.1) is 18.3 Å². The fourth-order valence-electron chi connectivity index (χ4n) is 2.50. The van der Waals surface area contributed by atoms with Crippen LogP contribution >= 0.6 is 0 Å². The van der Waals surface area contributed by atoms with E-state index < -0.39 is 5.91 Å². The fourth-order valence-corrected chi connectivity index (χ4v) is 2.50. The molecule has 0 aliphatic heterocycles. The number of anilines is 1. The van der Waals surface area contributed by atoms with E-state index in [2.05, 4.69) is 5.32 Å². The van der Waals surface area contributed by atoms with E-state index in [1.54, 1.807) is 19.4 Å². The van der Waals surface area contributed by atoms with Crippen molar-refractivity contribution in [2.75, 3.05) is 19.0 Å². The average Bonchev–Trinajstić information content (AvgIpc) is 2.66. The molecule has 0 unspecified atom stereocenters. The van der Waals surface area contributed by atoms with Gasteiger partial charge in [0.1, 0.15) is 17.4 Å². The molecule has 0 bridgehead atoms. The van der Waals surface area contributed by atoms with Crippen LogP contribution in [0.15, 0.2) is 60.3 Å². The summed E-state index contributed by atoms with van der Waals surface area (Å²) in [6.07, 6.45) is 1.60. The maximum absolute atomic E-state index is 12.5. The molecule has 0 spiro atoms. The molecule has 2 aromatic rings. The minimum absolute atomic E-state index is 0.0475. The second-order valence-electron chi connectivity index (χ2n) is 5.86. The van der Waals surface area contributed by atoms with Gasteiger partial charge in [0.2, 0.25) is 0 Å². The van der Waals surface area contributed by atoms with E-state index in [1.165, 1.54) is 0 Å². The Morgan fingerprint density at radius 2 is 2.00 bits per heavy atom. The Hall–Kier alpha value is -3.26. The highest BCUT2D eigenvalue weighted by Gasteiger charge is 2.14. The number of nitrogens with one attached hydrogen (secondary N) is 1. The standard InChI is InChI=1S/C21H23N3O2/c1-4-24(14-17-8-6-5-7-9-17)15-18(13-22)21(25)23-19-12-16(2)10-11-20(19)26-3/h5-12,15H,4,14H2,1-3H3,(H,23,25)/b18-15-. The maximum Gasteiger partial charge on any atom is 0.267 e. The summed E-state index contributed by atoms with van der Waals surface area (Å²) in [5.41, 5.74) is 2.70. The first-order valence-corrected chi connectivity index (χ1v) is 8.43. The molecule has 134 valence electrons. The summed E-state index contributed by atoms with van der Waals surface area (Å²) in [6.45, 7) is 5.22. The number of methoxy groups -OCH3 is 1. The number of benzene rings is 2. The predicted octanol–water partition coefficient (Wildman–Crippen LogP) is 3.87. The first kappa shape index (κ1) is 19.1. The zero-order chi connectivity index (χ0) is 18.9. The van der Waals surface area contributed by atoms with Gasteiger partial charge < -0.3 is 15.0 Å². The molecule has 0 heterocycles. The molecule has 0 aliphatic rings. The molecule has 0 saturated heterocycles. The van der Waals surface area contributed by atoms with E-state index in [1.807, 2.05) is 67.3 Å². The minimum Gasteiger partial charge on any atom is -0.495 e. The number of carbonyl (C=O) groups is 1. The Morgan fingerprint density at radius 3 is 2.62 bits per heavy atom. The molecule has 0 saturated carbocycles. The summed E-state index contributed by atoms with van der Waals surface area (Å²) in [6, 6.07) is 17.4. The molecular weight excluding hydrogens is 326 g/mol. The lowest BCUT2D eigenvalue weighted by Crippen LogP contribution is -2.21. The number of rotatable bonds is 7. The van der Waals surface area contributed by atoms with Crippen molar-refractivity contribution < 1.29 is 9.53 Å². The highest BCUT2D eigenvalue weighted by atomic mass is 16.5. The second kappa shape index (κ2) is 9.28. The minimum atomic E-state index is -0.456. The summed E-state index contributed by atoms with van der Waals surface area (Å²) in [5.74, 6) is 0.0979. The summed E-state index contributed by atoms with van der Waals surface area (Å²) in [7, 11) is 1.54. The number of nitrogens with zero attached hydrogens (tertiary/aromatic N) is 2. The molecule has 26 heavy (non-hydrogen) atoms. The van der Waals surface area contributed by atoms with Gasteiger partial charge in [-0.2, -0.15) is 5.26 Å². The first-order chi connectivity index (χ1) is 12.6. The van der Waals surface area contributed by atoms with Crippen LogP contribution in [0.2, 0.25) is 0 Å². The van der Waals surface area contributed by atoms with Crippen molar-refractivity contribution in [3.63, 3.8) is 0 Å². The molecule has 2 rings (SSSR count). The number of ether oxygens (including phenoxy) is 1. The highest BCUT2D eigenvalue weighted by molar-refractivity contribution is 6.07. The number of aryl methyl sites for hydroxylation is 1. The maximum atomic E-state index is 12.5. The summed E-state index contributed by atoms with van der Waals surface area (Å²) in [4.78, 5) is 14.5. The van der Waals surface area contributed by atoms with Gasteiger partial charge in [0, 0.05) is 19.3 Å². The largest absolute Gasteiger partial charge is 0.495 e. The normalized spacial score (nSPS) is 10.8. The molecule has 1 N–H and O–H groups in total. The molecule has 0 aliphatic carbocycles. The highest BCUT2D eigenvalue weighted by Crippen LogP contribution is 2.25. The first-order valence-electron chi connectivity index (χ1n) is 8.43. The average molecular weight is 349 g/mol. The monoisotopic (exact) mass is 349 g/mol. The molecule has 5 nitrogen and oxygen atoms in total. The third kappa shape index (κ3) is 5.12. The summed E-state index contributed by atoms with van der Waals surface area (Å²) < 4.78 is 5.27. The summed E-state index contributed by atoms with van der Waals surface area (Å²) in [5, 5.41) is 12.2. The van der Waals surface area contributed by atoms with Gasteiger partial charge in [-0.05, 0) is 37.1 Å². The van der Waals surface area contributed by atoms with Gasteiger partial charge in [-0.1, -0.05) is 36.4 Å². The number of hydrogen-bond acceptors (Lipinski definition) is 4. The quantitative estimate of drug-likeness (QED) is 0.609. The molecule has 0 atom stereocenters. The Kier molecular flexibility index (Phi) is 6.81. The molecule has 0 aromatic heterocycles. The molecule has 5 heteroatoms. The van der Waals surface area contributed by atoms with Crippen LogP contribution < -0.4 is 10.1 Å². The van der Waals surface area contributed by atoms with Crippen molar-refractivity contribution in [3.8, 4) is 11.8 Å². The SMILES string of the molecule is CCN(/C=C(/C#N)C(=O)Nc1cc(C)ccc1OC)Cc1ccccc1. The second-order valence-corrected chi connectivity index (χ2v) is 5.86. The predicted molar refractivity (Wildman–Crippen MR) is 103 cm³/mol. The summed E-state index contributed by atoms with van der Waals surface area (Å²) >= 11 is 0.